The molecule has 0 amide bonds. The molecular formula is C22H25FN6O. The van der Waals surface area contributed by atoms with E-state index in [4.69, 9.17) is 0 Å². The number of phenols is 1. The van der Waals surface area contributed by atoms with Gasteiger partial charge in [-0.3, -0.25) is 4.90 Å². The number of phenolic OH excluding ortho intramolecular Hbond substituents is 1. The number of benzene rings is 1. The van der Waals surface area contributed by atoms with E-state index in [1.165, 1.54) is 0 Å². The van der Waals surface area contributed by atoms with Crippen molar-refractivity contribution < 1.29 is 9.50 Å². The van der Waals surface area contributed by atoms with Crippen LogP contribution < -0.4 is 4.90 Å². The second-order valence-electron chi connectivity index (χ2n) is 8.27. The third kappa shape index (κ3) is 3.11. The molecule has 2 aliphatic heterocycles. The van der Waals surface area contributed by atoms with Crippen molar-refractivity contribution in [3.8, 4) is 22.7 Å². The van der Waals surface area contributed by atoms with Crippen LogP contribution >= 0.6 is 0 Å². The molecule has 0 radical (unpaired) electrons. The zero-order valence-electron chi connectivity index (χ0n) is 17.1. The fourth-order valence-corrected chi connectivity index (χ4v) is 4.88. The Morgan fingerprint density at radius 2 is 2.03 bits per heavy atom. The van der Waals surface area contributed by atoms with Crippen LogP contribution in [0.5, 0.6) is 5.75 Å². The van der Waals surface area contributed by atoms with Crippen LogP contribution in [0.2, 0.25) is 0 Å². The average Bonchev–Trinajstić information content (AvgIpc) is 3.37. The van der Waals surface area contributed by atoms with Crippen LogP contribution in [-0.2, 0) is 0 Å². The quantitative estimate of drug-likeness (QED) is 0.716. The van der Waals surface area contributed by atoms with Gasteiger partial charge in [-0.15, -0.1) is 10.2 Å². The highest BCUT2D eigenvalue weighted by atomic mass is 19.1. The normalized spacial score (nSPS) is 26.1. The molecule has 30 heavy (non-hydrogen) atoms. The summed E-state index contributed by atoms with van der Waals surface area (Å²) in [6.45, 7) is 0. The molecule has 2 unspecified atom stereocenters. The van der Waals surface area contributed by atoms with Crippen LogP contribution in [0, 0.1) is 0 Å². The third-order valence-electron chi connectivity index (χ3n) is 6.71. The Kier molecular flexibility index (Phi) is 4.66. The Bertz CT molecular complexity index is 1020. The maximum absolute atomic E-state index is 15.1. The predicted octanol–water partition coefficient (Wildman–Crippen LogP) is 3.04. The van der Waals surface area contributed by atoms with Crippen LogP contribution in [0.1, 0.15) is 19.3 Å². The van der Waals surface area contributed by atoms with E-state index in [9.17, 15) is 5.11 Å². The Labute approximate surface area is 174 Å². The molecule has 1 N–H and O–H groups in total. The largest absolute Gasteiger partial charge is 0.507 e. The highest BCUT2D eigenvalue weighted by molar-refractivity contribution is 5.69. The maximum Gasteiger partial charge on any atom is 0.151 e. The molecule has 7 nitrogen and oxygen atoms in total. The lowest BCUT2D eigenvalue weighted by atomic mass is 9.95. The molecule has 2 bridgehead atoms. The molecule has 0 aliphatic carbocycles. The van der Waals surface area contributed by atoms with Gasteiger partial charge in [0.1, 0.15) is 11.9 Å². The van der Waals surface area contributed by atoms with E-state index in [0.29, 0.717) is 23.1 Å². The van der Waals surface area contributed by atoms with E-state index in [-0.39, 0.29) is 17.8 Å². The molecule has 2 saturated heterocycles. The summed E-state index contributed by atoms with van der Waals surface area (Å²) in [7, 11) is 3.92. The number of imidazole rings is 1. The highest BCUT2D eigenvalue weighted by Gasteiger charge is 2.47. The van der Waals surface area contributed by atoms with E-state index < -0.39 is 6.17 Å². The molecule has 8 heteroatoms. The van der Waals surface area contributed by atoms with Crippen LogP contribution in [0.25, 0.3) is 16.9 Å². The van der Waals surface area contributed by atoms with Gasteiger partial charge in [-0.25, -0.2) is 9.37 Å². The molecule has 4 atom stereocenters. The minimum atomic E-state index is -0.903. The van der Waals surface area contributed by atoms with Crippen molar-refractivity contribution in [2.24, 2.45) is 0 Å². The van der Waals surface area contributed by atoms with Gasteiger partial charge in [-0.2, -0.15) is 0 Å². The first kappa shape index (κ1) is 19.0. The Hall–Kier alpha value is -3.00. The van der Waals surface area contributed by atoms with Crippen molar-refractivity contribution in [3.05, 3.63) is 49.1 Å². The van der Waals surface area contributed by atoms with Crippen molar-refractivity contribution in [2.45, 2.75) is 43.6 Å². The number of fused-ring (bicyclic) bond motifs is 2. The lowest BCUT2D eigenvalue weighted by Crippen LogP contribution is -2.56. The molecule has 2 aliphatic rings. The van der Waals surface area contributed by atoms with E-state index in [1.54, 1.807) is 18.6 Å². The smallest absolute Gasteiger partial charge is 0.151 e. The monoisotopic (exact) mass is 408 g/mol. The summed E-state index contributed by atoms with van der Waals surface area (Å²) >= 11 is 0. The standard InChI is InChI=1S/C22H25FN6O/c1-27-14-4-7-18(27)22(23)19(11-14)28(2)21-8-6-17(25-26-21)16-5-3-15(12-20(16)30)29-10-9-24-13-29/h3,5-6,8-10,12-14,18-19,22,30H,4,7,11H2,1-2H3/t14?,18?,19-,22-/m0/s1. The molecule has 156 valence electrons. The predicted molar refractivity (Wildman–Crippen MR) is 113 cm³/mol. The molecule has 0 saturated carbocycles. The lowest BCUT2D eigenvalue weighted by molar-refractivity contribution is 0.0701. The SMILES string of the molecule is CN1C2CCC1[C@H](F)[C@@H](N(C)c1ccc(-c3ccc(-n4ccnc4)cc3O)nn1)C2. The second kappa shape index (κ2) is 7.36. The van der Waals surface area contributed by atoms with E-state index in [0.717, 1.165) is 24.9 Å². The van der Waals surface area contributed by atoms with Crippen molar-refractivity contribution in [1.29, 1.82) is 0 Å². The maximum atomic E-state index is 15.1. The first-order chi connectivity index (χ1) is 14.5. The van der Waals surface area contributed by atoms with Crippen molar-refractivity contribution in [3.63, 3.8) is 0 Å². The van der Waals surface area contributed by atoms with Crippen LogP contribution in [-0.4, -0.2) is 68.1 Å². The fourth-order valence-electron chi connectivity index (χ4n) is 4.88. The fraction of sp³-hybridized carbons (Fsp3) is 0.409. The summed E-state index contributed by atoms with van der Waals surface area (Å²) < 4.78 is 16.9. The molecule has 5 rings (SSSR count). The van der Waals surface area contributed by atoms with E-state index in [2.05, 4.69) is 20.1 Å². The Balaban J connectivity index is 1.36. The first-order valence-corrected chi connectivity index (χ1v) is 10.3. The summed E-state index contributed by atoms with van der Waals surface area (Å²) in [5, 5.41) is 19.1. The zero-order chi connectivity index (χ0) is 20.8. The number of hydrogen-bond donors (Lipinski definition) is 1. The summed E-state index contributed by atoms with van der Waals surface area (Å²) in [5.74, 6) is 0.761. The number of alkyl halides is 1. The number of nitrogens with zero attached hydrogens (tertiary/aromatic N) is 6. The van der Waals surface area contributed by atoms with Crippen LogP contribution in [0.4, 0.5) is 10.2 Å². The number of aromatic hydroxyl groups is 1. The van der Waals surface area contributed by atoms with Gasteiger partial charge in [0.05, 0.1) is 23.8 Å². The third-order valence-corrected chi connectivity index (χ3v) is 6.71. The minimum Gasteiger partial charge on any atom is -0.507 e. The molecule has 4 heterocycles. The molecule has 2 aromatic heterocycles. The van der Waals surface area contributed by atoms with Gasteiger partial charge in [0.2, 0.25) is 0 Å². The molecule has 0 spiro atoms. The van der Waals surface area contributed by atoms with Gasteiger partial charge in [0.15, 0.2) is 5.82 Å². The van der Waals surface area contributed by atoms with Gasteiger partial charge in [-0.05, 0) is 50.6 Å². The number of anilines is 1. The molecular weight excluding hydrogens is 383 g/mol. The second-order valence-corrected chi connectivity index (χ2v) is 8.27. The van der Waals surface area contributed by atoms with Gasteiger partial charge in [0, 0.05) is 43.2 Å². The van der Waals surface area contributed by atoms with Gasteiger partial charge >= 0.3 is 0 Å². The topological polar surface area (TPSA) is 70.3 Å². The Morgan fingerprint density at radius 3 is 2.73 bits per heavy atom. The first-order valence-electron chi connectivity index (χ1n) is 10.3. The minimum absolute atomic E-state index is 0.00519. The average molecular weight is 408 g/mol. The number of aromatic nitrogens is 4. The van der Waals surface area contributed by atoms with Crippen LogP contribution in [0.15, 0.2) is 49.1 Å². The Morgan fingerprint density at radius 1 is 1.17 bits per heavy atom. The summed E-state index contributed by atoms with van der Waals surface area (Å²) in [6, 6.07) is 9.27. The van der Waals surface area contributed by atoms with Crippen LogP contribution in [0.3, 0.4) is 0 Å². The molecule has 1 aromatic carbocycles. The van der Waals surface area contributed by atoms with Crippen molar-refractivity contribution >= 4 is 5.82 Å². The van der Waals surface area contributed by atoms with Gasteiger partial charge in [0.25, 0.3) is 0 Å². The number of piperidine rings is 1. The highest BCUT2D eigenvalue weighted by Crippen LogP contribution is 2.39. The summed E-state index contributed by atoms with van der Waals surface area (Å²) in [4.78, 5) is 8.13. The summed E-state index contributed by atoms with van der Waals surface area (Å²) in [5.41, 5.74) is 1.98. The number of halogens is 1. The lowest BCUT2D eigenvalue weighted by Gasteiger charge is -2.43. The van der Waals surface area contributed by atoms with Gasteiger partial charge in [-0.1, -0.05) is 0 Å². The van der Waals surface area contributed by atoms with Gasteiger partial charge < -0.3 is 14.6 Å². The molecule has 2 fully saturated rings. The van der Waals surface area contributed by atoms with Crippen molar-refractivity contribution in [1.82, 2.24) is 24.6 Å². The zero-order valence-corrected chi connectivity index (χ0v) is 17.1. The number of hydrogen-bond acceptors (Lipinski definition) is 6. The van der Waals surface area contributed by atoms with E-state index in [1.807, 2.05) is 54.0 Å². The summed E-state index contributed by atoms with van der Waals surface area (Å²) in [6.07, 6.45) is 7.04. The van der Waals surface area contributed by atoms with E-state index >= 15 is 4.39 Å². The molecule has 3 aromatic rings. The number of rotatable bonds is 4. The van der Waals surface area contributed by atoms with Crippen molar-refractivity contribution in [2.75, 3.05) is 19.0 Å².